The molecule has 5 heteroatoms. The molecule has 0 saturated heterocycles. The van der Waals surface area contributed by atoms with Crippen LogP contribution < -0.4 is 15.8 Å². The normalized spacial score (nSPS) is 33.8. The highest BCUT2D eigenvalue weighted by Crippen LogP contribution is 2.68. The molecule has 4 aliphatic rings. The van der Waals surface area contributed by atoms with Gasteiger partial charge in [0, 0.05) is 6.04 Å². The highest BCUT2D eigenvalue weighted by molar-refractivity contribution is 5.85. The van der Waals surface area contributed by atoms with Crippen molar-refractivity contribution in [3.63, 3.8) is 0 Å². The van der Waals surface area contributed by atoms with Crippen LogP contribution >= 0.6 is 12.4 Å². The van der Waals surface area contributed by atoms with Gasteiger partial charge < -0.3 is 15.8 Å². The van der Waals surface area contributed by atoms with Crippen LogP contribution in [0.5, 0.6) is 5.75 Å². The van der Waals surface area contributed by atoms with Gasteiger partial charge >= 0.3 is 0 Å². The van der Waals surface area contributed by atoms with E-state index in [0.29, 0.717) is 23.9 Å². The summed E-state index contributed by atoms with van der Waals surface area (Å²) in [6, 6.07) is 17.9. The summed E-state index contributed by atoms with van der Waals surface area (Å²) in [5.74, 6) is 6.89. The fourth-order valence-electron chi connectivity index (χ4n) is 11.5. The molecule has 2 aromatic carbocycles. The molecular formula is C43H65ClN2O2. The van der Waals surface area contributed by atoms with Gasteiger partial charge in [-0.15, -0.1) is 12.4 Å². The molecule has 4 saturated carbocycles. The molecule has 4 aliphatic carbocycles. The van der Waals surface area contributed by atoms with Crippen molar-refractivity contribution >= 4 is 18.3 Å². The average Bonchev–Trinajstić information content (AvgIpc) is 3.42. The summed E-state index contributed by atoms with van der Waals surface area (Å²) in [7, 11) is 0. The molecule has 0 radical (unpaired) electrons. The van der Waals surface area contributed by atoms with Gasteiger partial charge in [0.2, 0.25) is 5.91 Å². The number of nitrogens with one attached hydrogen (secondary N) is 1. The summed E-state index contributed by atoms with van der Waals surface area (Å²) < 4.78 is 5.93. The Bertz CT molecular complexity index is 1320. The Hall–Kier alpha value is -2.04. The largest absolute Gasteiger partial charge is 0.489 e. The molecule has 4 fully saturated rings. The van der Waals surface area contributed by atoms with Crippen LogP contribution in [0.25, 0.3) is 0 Å². The van der Waals surface area contributed by atoms with Gasteiger partial charge in [0.1, 0.15) is 12.4 Å². The predicted molar refractivity (Wildman–Crippen MR) is 201 cm³/mol. The van der Waals surface area contributed by atoms with Crippen LogP contribution in [0.1, 0.15) is 123 Å². The Morgan fingerprint density at radius 3 is 2.29 bits per heavy atom. The van der Waals surface area contributed by atoms with Gasteiger partial charge in [-0.1, -0.05) is 96.3 Å². The van der Waals surface area contributed by atoms with E-state index >= 15 is 0 Å². The summed E-state index contributed by atoms with van der Waals surface area (Å²) >= 11 is 0. The zero-order chi connectivity index (χ0) is 33.2. The lowest BCUT2D eigenvalue weighted by atomic mass is 9.44. The van der Waals surface area contributed by atoms with Gasteiger partial charge in [0.05, 0.1) is 6.04 Å². The van der Waals surface area contributed by atoms with Crippen LogP contribution in [0.4, 0.5) is 0 Å². The highest BCUT2D eigenvalue weighted by atomic mass is 35.5. The number of nitrogens with two attached hydrogens (primary N) is 1. The van der Waals surface area contributed by atoms with E-state index in [-0.39, 0.29) is 24.4 Å². The lowest BCUT2D eigenvalue weighted by Gasteiger charge is -2.61. The third-order valence-corrected chi connectivity index (χ3v) is 14.2. The van der Waals surface area contributed by atoms with Crippen molar-refractivity contribution in [3.05, 3.63) is 65.7 Å². The van der Waals surface area contributed by atoms with E-state index in [9.17, 15) is 4.79 Å². The SMILES string of the molecule is CC(C)CCC[C@@H](C)[C@H]1CC[C@H]2[C@@H]3CCC4C[C@H](NC(=O)[C@@H](N)Cc5ccc(OCc6ccccc6)cc5)CC[C@]4(C)[C@H]3CC[C@]12C.Cl. The number of carbonyl (C=O) groups excluding carboxylic acids is 1. The van der Waals surface area contributed by atoms with Crippen LogP contribution in [0.15, 0.2) is 54.6 Å². The Kier molecular flexibility index (Phi) is 12.3. The van der Waals surface area contributed by atoms with Crippen molar-refractivity contribution < 1.29 is 9.53 Å². The summed E-state index contributed by atoms with van der Waals surface area (Å²) in [6.45, 7) is 13.2. The molecular weight excluding hydrogens is 612 g/mol. The lowest BCUT2D eigenvalue weighted by molar-refractivity contribution is -0.128. The van der Waals surface area contributed by atoms with E-state index in [1.54, 1.807) is 0 Å². The zero-order valence-electron chi connectivity index (χ0n) is 30.6. The Morgan fingerprint density at radius 1 is 0.854 bits per heavy atom. The van der Waals surface area contributed by atoms with Gasteiger partial charge in [-0.3, -0.25) is 4.79 Å². The third kappa shape index (κ3) is 7.96. The van der Waals surface area contributed by atoms with Crippen LogP contribution in [0.3, 0.4) is 0 Å². The lowest BCUT2D eigenvalue weighted by Crippen LogP contribution is -2.56. The topological polar surface area (TPSA) is 64.4 Å². The molecule has 2 aromatic rings. The monoisotopic (exact) mass is 676 g/mol. The first-order valence-electron chi connectivity index (χ1n) is 19.4. The molecule has 0 bridgehead atoms. The molecule has 10 atom stereocenters. The molecule has 0 spiro atoms. The highest BCUT2D eigenvalue weighted by Gasteiger charge is 2.60. The summed E-state index contributed by atoms with van der Waals surface area (Å²) in [4.78, 5) is 13.3. The Morgan fingerprint density at radius 2 is 1.56 bits per heavy atom. The molecule has 1 unspecified atom stereocenters. The van der Waals surface area contributed by atoms with Crippen LogP contribution in [0.2, 0.25) is 0 Å². The number of hydrogen-bond donors (Lipinski definition) is 2. The van der Waals surface area contributed by atoms with Crippen molar-refractivity contribution in [2.75, 3.05) is 0 Å². The average molecular weight is 677 g/mol. The second kappa shape index (κ2) is 15.9. The van der Waals surface area contributed by atoms with E-state index < -0.39 is 6.04 Å². The minimum Gasteiger partial charge on any atom is -0.489 e. The standard InChI is InChI=1S/C43H64N2O2.ClH/c1-29(2)10-9-11-30(3)37-20-21-38-36-19-16-33-27-34(22-24-42(33,4)39(36)23-25-43(37,38)5)45-41(46)40(44)26-31-14-17-35(18-15-31)47-28-32-12-7-6-8-13-32;/h6-8,12-15,17-18,29-30,33-34,36-40H,9-11,16,19-28,44H2,1-5H3,(H,45,46);1H/t30-,33?,34-,36+,37-,38+,39+,40+,42+,43-;/m1./s1. The zero-order valence-corrected chi connectivity index (χ0v) is 31.4. The second-order valence-electron chi connectivity index (χ2n) is 17.4. The van der Waals surface area contributed by atoms with Crippen molar-refractivity contribution in [2.45, 2.75) is 137 Å². The maximum atomic E-state index is 13.3. The minimum atomic E-state index is -0.533. The fourth-order valence-corrected chi connectivity index (χ4v) is 11.5. The van der Waals surface area contributed by atoms with Crippen molar-refractivity contribution in [1.29, 1.82) is 0 Å². The van der Waals surface area contributed by atoms with Crippen molar-refractivity contribution in [2.24, 2.45) is 58.0 Å². The molecule has 0 aliphatic heterocycles. The van der Waals surface area contributed by atoms with Crippen molar-refractivity contribution in [1.82, 2.24) is 5.32 Å². The van der Waals surface area contributed by atoms with Gasteiger partial charge in [0.25, 0.3) is 0 Å². The van der Waals surface area contributed by atoms with Gasteiger partial charge in [0.15, 0.2) is 0 Å². The number of fused-ring (bicyclic) bond motifs is 5. The second-order valence-corrected chi connectivity index (χ2v) is 17.4. The number of rotatable bonds is 12. The number of halogens is 1. The molecule has 0 aromatic heterocycles. The van der Waals surface area contributed by atoms with Crippen molar-refractivity contribution in [3.8, 4) is 5.75 Å². The smallest absolute Gasteiger partial charge is 0.237 e. The van der Waals surface area contributed by atoms with Gasteiger partial charge in [-0.25, -0.2) is 0 Å². The minimum absolute atomic E-state index is 0. The first kappa shape index (κ1) is 37.2. The summed E-state index contributed by atoms with van der Waals surface area (Å²) in [6.07, 6.45) is 16.8. The number of ether oxygens (including phenoxy) is 1. The van der Waals surface area contributed by atoms with Crippen LogP contribution in [-0.4, -0.2) is 18.0 Å². The molecule has 266 valence electrons. The fraction of sp³-hybridized carbons (Fsp3) is 0.698. The van der Waals surface area contributed by atoms with Crippen LogP contribution in [0, 0.1) is 52.3 Å². The molecule has 1 amide bonds. The maximum Gasteiger partial charge on any atom is 0.237 e. The first-order chi connectivity index (χ1) is 22.6. The quantitative estimate of drug-likeness (QED) is 0.235. The van der Waals surface area contributed by atoms with Gasteiger partial charge in [-0.2, -0.15) is 0 Å². The Labute approximate surface area is 298 Å². The molecule has 3 N–H and O–H groups in total. The molecule has 48 heavy (non-hydrogen) atoms. The summed E-state index contributed by atoms with van der Waals surface area (Å²) in [5.41, 5.74) is 9.67. The van der Waals surface area contributed by atoms with Gasteiger partial charge in [-0.05, 0) is 140 Å². The number of carbonyl (C=O) groups is 1. The number of benzene rings is 2. The van der Waals surface area contributed by atoms with E-state index in [1.165, 1.54) is 64.2 Å². The molecule has 6 rings (SSSR count). The first-order valence-corrected chi connectivity index (χ1v) is 19.4. The van der Waals surface area contributed by atoms with E-state index in [0.717, 1.165) is 71.1 Å². The number of amides is 1. The third-order valence-electron chi connectivity index (χ3n) is 14.2. The number of hydrogen-bond acceptors (Lipinski definition) is 3. The summed E-state index contributed by atoms with van der Waals surface area (Å²) in [5, 5.41) is 3.41. The van der Waals surface area contributed by atoms with E-state index in [4.69, 9.17) is 10.5 Å². The Balaban J connectivity index is 0.00000451. The predicted octanol–water partition coefficient (Wildman–Crippen LogP) is 10.2. The van der Waals surface area contributed by atoms with E-state index in [1.807, 2.05) is 42.5 Å². The molecule has 4 nitrogen and oxygen atoms in total. The van der Waals surface area contributed by atoms with Crippen LogP contribution in [-0.2, 0) is 17.8 Å². The maximum absolute atomic E-state index is 13.3. The van der Waals surface area contributed by atoms with E-state index in [2.05, 4.69) is 52.1 Å². The molecule has 0 heterocycles.